The molecule has 1 aliphatic heterocycles. The molecule has 1 atom stereocenters. The Labute approximate surface area is 54.0 Å². The standard InChI is InChI=1S/C3H5NO4S/c5-3-1-2-4(3)8-9(6)7/h1-2H2,(H,6,7)/p-1. The molecule has 1 unspecified atom stereocenters. The van der Waals surface area contributed by atoms with Crippen LogP contribution in [0, 0.1) is 0 Å². The van der Waals surface area contributed by atoms with E-state index in [2.05, 4.69) is 4.28 Å². The van der Waals surface area contributed by atoms with Gasteiger partial charge in [-0.15, -0.1) is 0 Å². The topological polar surface area (TPSA) is 69.7 Å². The lowest BCUT2D eigenvalue weighted by molar-refractivity contribution is -0.173. The second kappa shape index (κ2) is 2.42. The summed E-state index contributed by atoms with van der Waals surface area (Å²) in [5.41, 5.74) is 0. The van der Waals surface area contributed by atoms with Gasteiger partial charge in [0.2, 0.25) is 5.91 Å². The molecule has 0 bridgehead atoms. The van der Waals surface area contributed by atoms with Gasteiger partial charge in [0.05, 0.1) is 6.54 Å². The Balaban J connectivity index is 2.29. The Hall–Kier alpha value is -0.460. The number of β-lactam (4-membered cyclic amide) rings is 1. The minimum Gasteiger partial charge on any atom is -0.748 e. The van der Waals surface area contributed by atoms with Crippen molar-refractivity contribution < 1.29 is 17.8 Å². The van der Waals surface area contributed by atoms with Crippen molar-refractivity contribution in [3.05, 3.63) is 0 Å². The maximum absolute atomic E-state index is 10.3. The molecule has 0 radical (unpaired) electrons. The van der Waals surface area contributed by atoms with Crippen LogP contribution in [0.4, 0.5) is 0 Å². The first-order valence-corrected chi connectivity index (χ1v) is 3.28. The van der Waals surface area contributed by atoms with Crippen LogP contribution < -0.4 is 0 Å². The molecule has 0 aromatic carbocycles. The van der Waals surface area contributed by atoms with E-state index in [9.17, 15) is 13.6 Å². The lowest BCUT2D eigenvalue weighted by Crippen LogP contribution is -2.43. The van der Waals surface area contributed by atoms with Crippen LogP contribution in [0.1, 0.15) is 6.42 Å². The first kappa shape index (κ1) is 6.66. The third kappa shape index (κ3) is 1.47. The molecule has 0 aromatic heterocycles. The Morgan fingerprint density at radius 1 is 1.78 bits per heavy atom. The highest BCUT2D eigenvalue weighted by molar-refractivity contribution is 7.74. The Morgan fingerprint density at radius 2 is 2.44 bits per heavy atom. The van der Waals surface area contributed by atoms with E-state index in [4.69, 9.17) is 0 Å². The average molecular weight is 150 g/mol. The van der Waals surface area contributed by atoms with E-state index < -0.39 is 11.4 Å². The summed E-state index contributed by atoms with van der Waals surface area (Å²) >= 11 is -2.61. The van der Waals surface area contributed by atoms with Gasteiger partial charge in [0.25, 0.3) is 0 Å². The Morgan fingerprint density at radius 3 is 2.56 bits per heavy atom. The first-order valence-electron chi connectivity index (χ1n) is 2.28. The van der Waals surface area contributed by atoms with Gasteiger partial charge in [-0.1, -0.05) is 0 Å². The van der Waals surface area contributed by atoms with E-state index in [1.54, 1.807) is 0 Å². The van der Waals surface area contributed by atoms with E-state index in [-0.39, 0.29) is 5.91 Å². The number of carbonyl (C=O) groups excluding carboxylic acids is 1. The fourth-order valence-electron chi connectivity index (χ4n) is 0.447. The molecule has 1 heterocycles. The molecule has 1 aliphatic rings. The number of amides is 1. The van der Waals surface area contributed by atoms with Crippen molar-refractivity contribution in [3.8, 4) is 0 Å². The van der Waals surface area contributed by atoms with Crippen molar-refractivity contribution in [2.45, 2.75) is 6.42 Å². The van der Waals surface area contributed by atoms with Crippen molar-refractivity contribution in [3.63, 3.8) is 0 Å². The highest BCUT2D eigenvalue weighted by atomic mass is 32.2. The minimum absolute atomic E-state index is 0.292. The molecule has 1 rings (SSSR count). The van der Waals surface area contributed by atoms with Gasteiger partial charge in [0.15, 0.2) is 0 Å². The molecule has 0 aromatic rings. The van der Waals surface area contributed by atoms with E-state index in [1.165, 1.54) is 0 Å². The van der Waals surface area contributed by atoms with Crippen molar-refractivity contribution in [1.29, 1.82) is 0 Å². The maximum Gasteiger partial charge on any atom is 0.249 e. The summed E-state index contributed by atoms with van der Waals surface area (Å²) in [7, 11) is 0. The number of nitrogens with zero attached hydrogens (tertiary/aromatic N) is 1. The van der Waals surface area contributed by atoms with Gasteiger partial charge in [-0.25, -0.2) is 9.27 Å². The van der Waals surface area contributed by atoms with Gasteiger partial charge in [-0.3, -0.25) is 4.79 Å². The van der Waals surface area contributed by atoms with Crippen LogP contribution in [0.15, 0.2) is 0 Å². The summed E-state index contributed by atoms with van der Waals surface area (Å²) in [5, 5.41) is 0.795. The van der Waals surface area contributed by atoms with Crippen LogP contribution in [0.25, 0.3) is 0 Å². The molecule has 1 amide bonds. The zero-order valence-corrected chi connectivity index (χ0v) is 5.22. The van der Waals surface area contributed by atoms with Crippen LogP contribution >= 0.6 is 0 Å². The Kier molecular flexibility index (Phi) is 1.79. The van der Waals surface area contributed by atoms with Crippen LogP contribution in [0.5, 0.6) is 0 Å². The zero-order valence-electron chi connectivity index (χ0n) is 4.40. The minimum atomic E-state index is -2.61. The SMILES string of the molecule is O=C1CCN1OS(=O)[O-]. The fraction of sp³-hybridized carbons (Fsp3) is 0.667. The molecule has 0 saturated carbocycles. The quantitative estimate of drug-likeness (QED) is 0.372. The molecule has 6 heteroatoms. The largest absolute Gasteiger partial charge is 0.748 e. The molecule has 52 valence electrons. The lowest BCUT2D eigenvalue weighted by Gasteiger charge is -2.28. The second-order valence-corrected chi connectivity index (χ2v) is 2.08. The molecule has 1 saturated heterocycles. The number of rotatable bonds is 2. The number of carbonyl (C=O) groups is 1. The summed E-state index contributed by atoms with van der Waals surface area (Å²) in [4.78, 5) is 10.3. The van der Waals surface area contributed by atoms with Gasteiger partial charge in [-0.05, 0) is 0 Å². The Bertz CT molecular complexity index is 158. The van der Waals surface area contributed by atoms with Crippen LogP contribution in [-0.4, -0.2) is 26.3 Å². The summed E-state index contributed by atoms with van der Waals surface area (Å²) in [6, 6.07) is 0. The predicted molar refractivity (Wildman–Crippen MR) is 26.3 cm³/mol. The van der Waals surface area contributed by atoms with Gasteiger partial charge >= 0.3 is 0 Å². The van der Waals surface area contributed by atoms with Crippen molar-refractivity contribution in [2.24, 2.45) is 0 Å². The zero-order chi connectivity index (χ0) is 6.85. The van der Waals surface area contributed by atoms with E-state index in [0.717, 1.165) is 5.06 Å². The van der Waals surface area contributed by atoms with Crippen molar-refractivity contribution in [2.75, 3.05) is 6.54 Å². The normalized spacial score (nSPS) is 21.4. The lowest BCUT2D eigenvalue weighted by atomic mass is 10.3. The van der Waals surface area contributed by atoms with E-state index in [1.807, 2.05) is 0 Å². The summed E-state index contributed by atoms with van der Waals surface area (Å²) in [6.07, 6.45) is 0.372. The van der Waals surface area contributed by atoms with Crippen LogP contribution in [0.3, 0.4) is 0 Å². The molecule has 9 heavy (non-hydrogen) atoms. The molecular weight excluding hydrogens is 146 g/mol. The molecule has 5 nitrogen and oxygen atoms in total. The third-order valence-electron chi connectivity index (χ3n) is 0.958. The van der Waals surface area contributed by atoms with Gasteiger partial charge in [-0.2, -0.15) is 4.28 Å². The average Bonchev–Trinajstić information content (AvgIpc) is 1.79. The number of hydrogen-bond acceptors (Lipinski definition) is 4. The molecule has 0 spiro atoms. The number of hydroxylamine groups is 2. The summed E-state index contributed by atoms with van der Waals surface area (Å²) in [6.45, 7) is 0.368. The molecule has 0 N–H and O–H groups in total. The molecule has 1 fully saturated rings. The maximum atomic E-state index is 10.3. The molecular formula is C3H4NO4S-. The third-order valence-corrected chi connectivity index (χ3v) is 1.26. The highest BCUT2D eigenvalue weighted by Gasteiger charge is 2.24. The van der Waals surface area contributed by atoms with Crippen LogP contribution in [-0.2, 0) is 20.4 Å². The monoisotopic (exact) mass is 150 g/mol. The highest BCUT2D eigenvalue weighted by Crippen LogP contribution is 2.08. The number of hydrogen-bond donors (Lipinski definition) is 0. The predicted octanol–water partition coefficient (Wildman–Crippen LogP) is -1.06. The summed E-state index contributed by atoms with van der Waals surface area (Å²) < 4.78 is 23.5. The second-order valence-electron chi connectivity index (χ2n) is 1.52. The first-order chi connectivity index (χ1) is 4.20. The van der Waals surface area contributed by atoms with Gasteiger partial charge in [0, 0.05) is 6.42 Å². The fourth-order valence-corrected chi connectivity index (χ4v) is 0.751. The van der Waals surface area contributed by atoms with Crippen molar-refractivity contribution >= 4 is 17.3 Å². The smallest absolute Gasteiger partial charge is 0.249 e. The van der Waals surface area contributed by atoms with Crippen molar-refractivity contribution in [1.82, 2.24) is 5.06 Å². The summed E-state index contributed by atoms with van der Waals surface area (Å²) in [5.74, 6) is -0.292. The molecule has 0 aliphatic carbocycles. The van der Waals surface area contributed by atoms with Gasteiger partial charge in [0.1, 0.15) is 11.4 Å². The van der Waals surface area contributed by atoms with E-state index in [0.29, 0.717) is 13.0 Å². The van der Waals surface area contributed by atoms with Crippen LogP contribution in [0.2, 0.25) is 0 Å². The van der Waals surface area contributed by atoms with Gasteiger partial charge < -0.3 is 4.55 Å². The van der Waals surface area contributed by atoms with E-state index >= 15 is 0 Å².